The number of halogens is 3. The fraction of sp³-hybridized carbons (Fsp3) is 0.0769. The largest absolute Gasteiger partial charge is 0.464 e. The Hall–Kier alpha value is -2.02. The molecule has 0 spiro atoms. The SMILES string of the molecule is COC(=O)c1ncccc1Oc1c(F)cc(Br)cc1F. The molecule has 0 unspecified atom stereocenters. The van der Waals surface area contributed by atoms with Gasteiger partial charge in [-0.3, -0.25) is 0 Å². The zero-order valence-corrected chi connectivity index (χ0v) is 11.8. The Balaban J connectivity index is 2.43. The number of esters is 1. The van der Waals surface area contributed by atoms with Crippen LogP contribution in [0.1, 0.15) is 10.5 Å². The maximum absolute atomic E-state index is 13.7. The second kappa shape index (κ2) is 5.96. The Morgan fingerprint density at radius 2 is 1.95 bits per heavy atom. The van der Waals surface area contributed by atoms with E-state index in [2.05, 4.69) is 25.7 Å². The normalized spacial score (nSPS) is 10.2. The lowest BCUT2D eigenvalue weighted by molar-refractivity contribution is 0.0590. The van der Waals surface area contributed by atoms with E-state index in [1.54, 1.807) is 0 Å². The highest BCUT2D eigenvalue weighted by molar-refractivity contribution is 9.10. The minimum atomic E-state index is -0.906. The zero-order chi connectivity index (χ0) is 14.7. The number of hydrogen-bond donors (Lipinski definition) is 0. The summed E-state index contributed by atoms with van der Waals surface area (Å²) in [7, 11) is 1.17. The summed E-state index contributed by atoms with van der Waals surface area (Å²) in [5, 5.41) is 0. The fourth-order valence-corrected chi connectivity index (χ4v) is 1.86. The molecular weight excluding hydrogens is 336 g/mol. The van der Waals surface area contributed by atoms with Crippen LogP contribution in [0.3, 0.4) is 0 Å². The summed E-state index contributed by atoms with van der Waals surface area (Å²) >= 11 is 2.96. The number of ether oxygens (including phenoxy) is 2. The minimum Gasteiger partial charge on any atom is -0.464 e. The second-order valence-electron chi connectivity index (χ2n) is 3.64. The van der Waals surface area contributed by atoms with E-state index in [-0.39, 0.29) is 15.9 Å². The van der Waals surface area contributed by atoms with Gasteiger partial charge in [-0.05, 0) is 24.3 Å². The average molecular weight is 344 g/mol. The van der Waals surface area contributed by atoms with Gasteiger partial charge in [-0.1, -0.05) is 15.9 Å². The Morgan fingerprint density at radius 3 is 2.55 bits per heavy atom. The summed E-state index contributed by atoms with van der Waals surface area (Å²) in [6.45, 7) is 0. The summed E-state index contributed by atoms with van der Waals surface area (Å²) in [6.07, 6.45) is 1.34. The molecule has 0 aliphatic carbocycles. The van der Waals surface area contributed by atoms with Crippen molar-refractivity contribution in [2.45, 2.75) is 0 Å². The van der Waals surface area contributed by atoms with Crippen LogP contribution in [0.2, 0.25) is 0 Å². The highest BCUT2D eigenvalue weighted by Gasteiger charge is 2.19. The van der Waals surface area contributed by atoms with Crippen LogP contribution in [0.5, 0.6) is 11.5 Å². The van der Waals surface area contributed by atoms with Gasteiger partial charge in [0.1, 0.15) is 0 Å². The van der Waals surface area contributed by atoms with Gasteiger partial charge in [0.05, 0.1) is 7.11 Å². The van der Waals surface area contributed by atoms with E-state index in [0.717, 1.165) is 12.1 Å². The van der Waals surface area contributed by atoms with Crippen LogP contribution in [0.25, 0.3) is 0 Å². The number of nitrogens with zero attached hydrogens (tertiary/aromatic N) is 1. The molecule has 0 aliphatic heterocycles. The lowest BCUT2D eigenvalue weighted by Gasteiger charge is -2.10. The summed E-state index contributed by atoms with van der Waals surface area (Å²) < 4.78 is 37.2. The summed E-state index contributed by atoms with van der Waals surface area (Å²) in [6, 6.07) is 4.93. The molecule has 0 saturated carbocycles. The van der Waals surface area contributed by atoms with E-state index < -0.39 is 23.4 Å². The van der Waals surface area contributed by atoms with E-state index in [4.69, 9.17) is 4.74 Å². The molecule has 7 heteroatoms. The monoisotopic (exact) mass is 343 g/mol. The van der Waals surface area contributed by atoms with Crippen molar-refractivity contribution in [1.82, 2.24) is 4.98 Å². The van der Waals surface area contributed by atoms with Gasteiger partial charge < -0.3 is 9.47 Å². The number of carbonyl (C=O) groups is 1. The fourth-order valence-electron chi connectivity index (χ4n) is 1.46. The molecule has 0 radical (unpaired) electrons. The van der Waals surface area contributed by atoms with E-state index in [1.807, 2.05) is 0 Å². The molecule has 0 aliphatic rings. The zero-order valence-electron chi connectivity index (χ0n) is 10.2. The van der Waals surface area contributed by atoms with Crippen molar-refractivity contribution in [3.63, 3.8) is 0 Å². The van der Waals surface area contributed by atoms with Gasteiger partial charge in [-0.25, -0.2) is 18.6 Å². The number of benzene rings is 1. The standard InChI is InChI=1S/C13H8BrF2NO3/c1-19-13(18)11-10(3-2-4-17-11)20-12-8(15)5-7(14)6-9(12)16/h2-6H,1H3. The van der Waals surface area contributed by atoms with E-state index in [0.29, 0.717) is 0 Å². The lowest BCUT2D eigenvalue weighted by atomic mass is 10.3. The van der Waals surface area contributed by atoms with Crippen molar-refractivity contribution < 1.29 is 23.0 Å². The van der Waals surface area contributed by atoms with Gasteiger partial charge in [0.2, 0.25) is 0 Å². The maximum Gasteiger partial charge on any atom is 0.360 e. The van der Waals surface area contributed by atoms with Crippen LogP contribution >= 0.6 is 15.9 Å². The molecule has 0 atom stereocenters. The Labute approximate surface area is 121 Å². The number of aromatic nitrogens is 1. The van der Waals surface area contributed by atoms with Crippen molar-refractivity contribution >= 4 is 21.9 Å². The Morgan fingerprint density at radius 1 is 1.30 bits per heavy atom. The van der Waals surface area contributed by atoms with Crippen LogP contribution in [0.4, 0.5) is 8.78 Å². The van der Waals surface area contributed by atoms with Gasteiger partial charge in [0.25, 0.3) is 0 Å². The van der Waals surface area contributed by atoms with Crippen LogP contribution in [0.15, 0.2) is 34.9 Å². The molecule has 0 amide bonds. The van der Waals surface area contributed by atoms with Crippen molar-refractivity contribution in [2.24, 2.45) is 0 Å². The second-order valence-corrected chi connectivity index (χ2v) is 4.56. The molecule has 1 aromatic heterocycles. The van der Waals surface area contributed by atoms with Crippen LogP contribution in [0, 0.1) is 11.6 Å². The van der Waals surface area contributed by atoms with Crippen molar-refractivity contribution in [3.05, 3.63) is 52.3 Å². The third-order valence-corrected chi connectivity index (χ3v) is 2.78. The van der Waals surface area contributed by atoms with Crippen molar-refractivity contribution in [2.75, 3.05) is 7.11 Å². The molecule has 0 bridgehead atoms. The number of rotatable bonds is 3. The topological polar surface area (TPSA) is 48.4 Å². The molecule has 1 heterocycles. The average Bonchev–Trinajstić information content (AvgIpc) is 2.42. The molecule has 0 saturated heterocycles. The summed E-state index contributed by atoms with van der Waals surface area (Å²) in [5.41, 5.74) is -0.170. The van der Waals surface area contributed by atoms with Crippen LogP contribution in [-0.4, -0.2) is 18.1 Å². The Kier molecular flexibility index (Phi) is 4.29. The van der Waals surface area contributed by atoms with E-state index >= 15 is 0 Å². The third kappa shape index (κ3) is 2.93. The highest BCUT2D eigenvalue weighted by Crippen LogP contribution is 2.31. The molecular formula is C13H8BrF2NO3. The molecule has 0 N–H and O–H groups in total. The number of methoxy groups -OCH3 is 1. The molecule has 20 heavy (non-hydrogen) atoms. The van der Waals surface area contributed by atoms with Crippen molar-refractivity contribution in [3.8, 4) is 11.5 Å². The van der Waals surface area contributed by atoms with Crippen molar-refractivity contribution in [1.29, 1.82) is 0 Å². The smallest absolute Gasteiger partial charge is 0.360 e. The predicted octanol–water partition coefficient (Wildman–Crippen LogP) is 3.70. The molecule has 4 nitrogen and oxygen atoms in total. The number of hydrogen-bond acceptors (Lipinski definition) is 4. The van der Waals surface area contributed by atoms with E-state index in [9.17, 15) is 13.6 Å². The van der Waals surface area contributed by atoms with Gasteiger partial charge >= 0.3 is 5.97 Å². The maximum atomic E-state index is 13.7. The quantitative estimate of drug-likeness (QED) is 0.797. The first-order valence-electron chi connectivity index (χ1n) is 5.38. The first-order chi connectivity index (χ1) is 9.52. The third-order valence-electron chi connectivity index (χ3n) is 2.32. The number of carbonyl (C=O) groups excluding carboxylic acids is 1. The minimum absolute atomic E-state index is 0.0977. The van der Waals surface area contributed by atoms with Gasteiger partial charge in [-0.2, -0.15) is 0 Å². The molecule has 0 fully saturated rings. The lowest BCUT2D eigenvalue weighted by Crippen LogP contribution is -2.07. The Bertz CT molecular complexity index is 641. The van der Waals surface area contributed by atoms with E-state index in [1.165, 1.54) is 25.4 Å². The van der Waals surface area contributed by atoms with Gasteiger partial charge in [0, 0.05) is 10.7 Å². The first-order valence-corrected chi connectivity index (χ1v) is 6.18. The predicted molar refractivity (Wildman–Crippen MR) is 69.7 cm³/mol. The van der Waals surface area contributed by atoms with Crippen LogP contribution < -0.4 is 4.74 Å². The summed E-state index contributed by atoms with van der Waals surface area (Å²) in [4.78, 5) is 15.3. The van der Waals surface area contributed by atoms with Crippen LogP contribution in [-0.2, 0) is 4.74 Å². The molecule has 2 aromatic rings. The van der Waals surface area contributed by atoms with Gasteiger partial charge in [-0.15, -0.1) is 0 Å². The summed E-state index contributed by atoms with van der Waals surface area (Å²) in [5.74, 6) is -3.29. The molecule has 104 valence electrons. The first kappa shape index (κ1) is 14.4. The highest BCUT2D eigenvalue weighted by atomic mass is 79.9. The molecule has 2 rings (SSSR count). The molecule has 1 aromatic carbocycles. The van der Waals surface area contributed by atoms with Gasteiger partial charge in [0.15, 0.2) is 28.8 Å². The number of pyridine rings is 1.